The molecule has 10 heteroatoms. The summed E-state index contributed by atoms with van der Waals surface area (Å²) in [6.07, 6.45) is -4.32. The molecule has 2 rings (SSSR count). The molecule has 0 aromatic carbocycles. The molecule has 1 aromatic rings. The van der Waals surface area contributed by atoms with Crippen LogP contribution in [-0.2, 0) is 11.8 Å². The van der Waals surface area contributed by atoms with Gasteiger partial charge in [0.2, 0.25) is 0 Å². The standard InChI is InChI=1S/C16H23F3N4O3/c1-8-5-11(14(24)25)7-23(6-8)15(26)20-13(16(17,18)19)12-9(2)21-22(4)10(12)3/h8,11,13H,5-7H2,1-4H3,(H,20,26)(H,24,25). The zero-order chi connectivity index (χ0) is 19.8. The van der Waals surface area contributed by atoms with Gasteiger partial charge in [-0.1, -0.05) is 6.92 Å². The predicted octanol–water partition coefficient (Wildman–Crippen LogP) is 2.39. The molecule has 0 saturated carbocycles. The Balaban J connectivity index is 2.26. The van der Waals surface area contributed by atoms with E-state index in [0.717, 1.165) is 4.90 Å². The number of hydrogen-bond donors (Lipinski definition) is 2. The topological polar surface area (TPSA) is 87.5 Å². The van der Waals surface area contributed by atoms with Gasteiger partial charge in [0.1, 0.15) is 0 Å². The molecule has 1 aromatic heterocycles. The van der Waals surface area contributed by atoms with Gasteiger partial charge in [0, 0.05) is 31.4 Å². The van der Waals surface area contributed by atoms with E-state index < -0.39 is 30.1 Å². The van der Waals surface area contributed by atoms with Crippen molar-refractivity contribution >= 4 is 12.0 Å². The number of hydrogen-bond acceptors (Lipinski definition) is 3. The molecule has 2 amide bonds. The number of nitrogens with one attached hydrogen (secondary N) is 1. The lowest BCUT2D eigenvalue weighted by atomic mass is 9.91. The minimum absolute atomic E-state index is 0.0896. The van der Waals surface area contributed by atoms with Crippen LogP contribution in [0.4, 0.5) is 18.0 Å². The maximum Gasteiger partial charge on any atom is 0.413 e. The highest BCUT2D eigenvalue weighted by Gasteiger charge is 2.45. The highest BCUT2D eigenvalue weighted by Crippen LogP contribution is 2.36. The normalized spacial score (nSPS) is 22.2. The van der Waals surface area contributed by atoms with Crippen LogP contribution >= 0.6 is 0 Å². The smallest absolute Gasteiger partial charge is 0.413 e. The zero-order valence-corrected chi connectivity index (χ0v) is 15.1. The van der Waals surface area contributed by atoms with Crippen LogP contribution in [0.1, 0.15) is 36.3 Å². The van der Waals surface area contributed by atoms with Gasteiger partial charge in [0.05, 0.1) is 11.6 Å². The van der Waals surface area contributed by atoms with Crippen LogP contribution in [0, 0.1) is 25.7 Å². The monoisotopic (exact) mass is 376 g/mol. The lowest BCUT2D eigenvalue weighted by Crippen LogP contribution is -2.52. The number of rotatable bonds is 3. The molecule has 0 spiro atoms. The van der Waals surface area contributed by atoms with E-state index in [1.807, 2.05) is 5.32 Å². The maximum atomic E-state index is 13.6. The quantitative estimate of drug-likeness (QED) is 0.848. The molecule has 146 valence electrons. The first-order valence-corrected chi connectivity index (χ1v) is 8.26. The maximum absolute atomic E-state index is 13.6. The Morgan fingerprint density at radius 3 is 2.38 bits per heavy atom. The first kappa shape index (κ1) is 20.1. The van der Waals surface area contributed by atoms with E-state index in [1.165, 1.54) is 25.6 Å². The Kier molecular flexibility index (Phi) is 5.52. The van der Waals surface area contributed by atoms with E-state index in [1.54, 1.807) is 6.92 Å². The number of amides is 2. The summed E-state index contributed by atoms with van der Waals surface area (Å²) < 4.78 is 42.2. The fraction of sp³-hybridized carbons (Fsp3) is 0.688. The second-order valence-corrected chi connectivity index (χ2v) is 6.91. The number of likely N-dealkylation sites (tertiary alicyclic amines) is 1. The summed E-state index contributed by atoms with van der Waals surface area (Å²) in [5.41, 5.74) is 0.400. The minimum atomic E-state index is -4.71. The number of piperidine rings is 1. The molecular formula is C16H23F3N4O3. The Bertz CT molecular complexity index is 702. The first-order chi connectivity index (χ1) is 11.9. The summed E-state index contributed by atoms with van der Waals surface area (Å²) >= 11 is 0. The number of carbonyl (C=O) groups is 2. The van der Waals surface area contributed by atoms with Crippen LogP contribution in [0.25, 0.3) is 0 Å². The molecular weight excluding hydrogens is 353 g/mol. The van der Waals surface area contributed by atoms with Crippen molar-refractivity contribution in [2.24, 2.45) is 18.9 Å². The van der Waals surface area contributed by atoms with Crippen LogP contribution in [0.2, 0.25) is 0 Å². The van der Waals surface area contributed by atoms with E-state index in [0.29, 0.717) is 12.1 Å². The third-order valence-electron chi connectivity index (χ3n) is 4.74. The van der Waals surface area contributed by atoms with Gasteiger partial charge in [-0.25, -0.2) is 4.79 Å². The van der Waals surface area contributed by atoms with E-state index in [-0.39, 0.29) is 30.3 Å². The van der Waals surface area contributed by atoms with Gasteiger partial charge in [0.25, 0.3) is 0 Å². The number of halogens is 3. The molecule has 1 fully saturated rings. The van der Waals surface area contributed by atoms with Crippen molar-refractivity contribution in [3.05, 3.63) is 17.0 Å². The van der Waals surface area contributed by atoms with Crippen molar-refractivity contribution in [2.75, 3.05) is 13.1 Å². The lowest BCUT2D eigenvalue weighted by molar-refractivity contribution is -0.156. The summed E-state index contributed by atoms with van der Waals surface area (Å²) in [5.74, 6) is -1.95. The summed E-state index contributed by atoms with van der Waals surface area (Å²) in [4.78, 5) is 24.8. The van der Waals surface area contributed by atoms with Crippen LogP contribution in [-0.4, -0.2) is 51.1 Å². The Morgan fingerprint density at radius 1 is 1.31 bits per heavy atom. The lowest BCUT2D eigenvalue weighted by Gasteiger charge is -2.36. The number of nitrogens with zero attached hydrogens (tertiary/aromatic N) is 3. The number of carboxylic acid groups (broad SMARTS) is 1. The van der Waals surface area contributed by atoms with Crippen molar-refractivity contribution in [1.82, 2.24) is 20.0 Å². The van der Waals surface area contributed by atoms with Gasteiger partial charge in [-0.2, -0.15) is 18.3 Å². The summed E-state index contributed by atoms with van der Waals surface area (Å²) in [7, 11) is 1.53. The molecule has 0 radical (unpaired) electrons. The number of carboxylic acids is 1. The second kappa shape index (κ2) is 7.16. The van der Waals surface area contributed by atoms with E-state index in [4.69, 9.17) is 0 Å². The molecule has 1 aliphatic rings. The number of urea groups is 1. The number of alkyl halides is 3. The molecule has 2 heterocycles. The van der Waals surface area contributed by atoms with Crippen molar-refractivity contribution in [3.63, 3.8) is 0 Å². The fourth-order valence-electron chi connectivity index (χ4n) is 3.44. The van der Waals surface area contributed by atoms with Crippen LogP contribution in [0.3, 0.4) is 0 Å². The average molecular weight is 376 g/mol. The largest absolute Gasteiger partial charge is 0.481 e. The fourth-order valence-corrected chi connectivity index (χ4v) is 3.44. The molecule has 2 N–H and O–H groups in total. The van der Waals surface area contributed by atoms with E-state index in [2.05, 4.69) is 5.10 Å². The number of aromatic nitrogens is 2. The number of aliphatic carboxylic acids is 1. The Labute approximate surface area is 149 Å². The van der Waals surface area contributed by atoms with E-state index >= 15 is 0 Å². The van der Waals surface area contributed by atoms with Crippen molar-refractivity contribution in [3.8, 4) is 0 Å². The van der Waals surface area contributed by atoms with Crippen molar-refractivity contribution < 1.29 is 27.9 Å². The average Bonchev–Trinajstić information content (AvgIpc) is 2.76. The molecule has 0 aliphatic carbocycles. The molecule has 7 nitrogen and oxygen atoms in total. The molecule has 3 unspecified atom stereocenters. The summed E-state index contributed by atoms with van der Waals surface area (Å²) in [5, 5.41) is 15.2. The van der Waals surface area contributed by atoms with Crippen molar-refractivity contribution in [1.29, 1.82) is 0 Å². The highest BCUT2D eigenvalue weighted by molar-refractivity contribution is 5.77. The summed E-state index contributed by atoms with van der Waals surface area (Å²) in [6.45, 7) is 4.83. The third kappa shape index (κ3) is 4.10. The highest BCUT2D eigenvalue weighted by atomic mass is 19.4. The molecule has 1 saturated heterocycles. The molecule has 0 bridgehead atoms. The van der Waals surface area contributed by atoms with Crippen LogP contribution in [0.15, 0.2) is 0 Å². The minimum Gasteiger partial charge on any atom is -0.481 e. The second-order valence-electron chi connectivity index (χ2n) is 6.91. The van der Waals surface area contributed by atoms with Gasteiger partial charge >= 0.3 is 18.2 Å². The zero-order valence-electron chi connectivity index (χ0n) is 15.1. The molecule has 1 aliphatic heterocycles. The van der Waals surface area contributed by atoms with Gasteiger partial charge in [-0.05, 0) is 26.2 Å². The van der Waals surface area contributed by atoms with Crippen LogP contribution < -0.4 is 5.32 Å². The van der Waals surface area contributed by atoms with Gasteiger partial charge in [-0.15, -0.1) is 0 Å². The van der Waals surface area contributed by atoms with Gasteiger partial charge in [0.15, 0.2) is 6.04 Å². The van der Waals surface area contributed by atoms with E-state index in [9.17, 15) is 27.9 Å². The van der Waals surface area contributed by atoms with Gasteiger partial charge in [-0.3, -0.25) is 9.48 Å². The predicted molar refractivity (Wildman–Crippen MR) is 86.5 cm³/mol. The molecule has 3 atom stereocenters. The summed E-state index contributed by atoms with van der Waals surface area (Å²) in [6, 6.07) is -3.13. The van der Waals surface area contributed by atoms with Gasteiger partial charge < -0.3 is 15.3 Å². The third-order valence-corrected chi connectivity index (χ3v) is 4.74. The first-order valence-electron chi connectivity index (χ1n) is 8.26. The Morgan fingerprint density at radius 2 is 1.92 bits per heavy atom. The van der Waals surface area contributed by atoms with Crippen molar-refractivity contribution in [2.45, 2.75) is 39.4 Å². The number of carbonyl (C=O) groups excluding carboxylic acids is 1. The molecule has 26 heavy (non-hydrogen) atoms. The Hall–Kier alpha value is -2.26. The number of aryl methyl sites for hydroxylation is 2. The van der Waals surface area contributed by atoms with Crippen LogP contribution in [0.5, 0.6) is 0 Å². The SMILES string of the molecule is Cc1nn(C)c(C)c1C(NC(=O)N1CC(C)CC(C(=O)O)C1)C(F)(F)F.